The van der Waals surface area contributed by atoms with E-state index in [1.807, 2.05) is 14.2 Å². The highest BCUT2D eigenvalue weighted by Gasteiger charge is 2.37. The molecule has 0 aliphatic rings. The normalized spacial score (nSPS) is 13.1. The lowest BCUT2D eigenvalue weighted by Crippen LogP contribution is -2.41. The summed E-state index contributed by atoms with van der Waals surface area (Å²) in [5.41, 5.74) is 0.342. The molecule has 0 unspecified atom stereocenters. The second-order valence-corrected chi connectivity index (χ2v) is 13.7. The summed E-state index contributed by atoms with van der Waals surface area (Å²) in [6.45, 7) is 26.8. The molecular weight excluding hydrogens is 426 g/mol. The van der Waals surface area contributed by atoms with Gasteiger partial charge in [0, 0.05) is 14.2 Å². The van der Waals surface area contributed by atoms with Crippen LogP contribution in [0.5, 0.6) is 0 Å². The number of hydrogen-bond donors (Lipinski definition) is 0. The summed E-state index contributed by atoms with van der Waals surface area (Å²) in [7, 11) is 1.60. The molecule has 0 amide bonds. The molecule has 0 aromatic heterocycles. The first kappa shape index (κ1) is 33.0. The van der Waals surface area contributed by atoms with E-state index in [-0.39, 0.29) is 0 Å². The van der Waals surface area contributed by atoms with Crippen molar-refractivity contribution in [2.24, 2.45) is 5.41 Å². The van der Waals surface area contributed by atoms with Gasteiger partial charge < -0.3 is 23.6 Å². The monoisotopic (exact) mass is 487 g/mol. The van der Waals surface area contributed by atoms with E-state index in [1.54, 1.807) is 0 Å². The summed E-state index contributed by atoms with van der Waals surface area (Å²) < 4.78 is 11.8. The van der Waals surface area contributed by atoms with Gasteiger partial charge in [-0.05, 0) is 122 Å². The number of nitrogens with zero attached hydrogens (tertiary/aromatic N) is 3. The molecule has 0 saturated carbocycles. The number of hydrogen-bond acceptors (Lipinski definition) is 5. The van der Waals surface area contributed by atoms with Gasteiger partial charge in [-0.15, -0.1) is 0 Å². The molecule has 0 rings (SSSR count). The fourth-order valence-electron chi connectivity index (χ4n) is 4.95. The van der Waals surface area contributed by atoms with Crippen molar-refractivity contribution in [3.8, 4) is 0 Å². The third-order valence-electron chi connectivity index (χ3n) is 7.81. The van der Waals surface area contributed by atoms with E-state index >= 15 is 0 Å². The number of rotatable bonds is 23. The average molecular weight is 488 g/mol. The van der Waals surface area contributed by atoms with Crippen LogP contribution < -0.4 is 0 Å². The maximum atomic E-state index is 5.92. The van der Waals surface area contributed by atoms with Gasteiger partial charge in [-0.3, -0.25) is 0 Å². The van der Waals surface area contributed by atoms with Crippen LogP contribution in [0.3, 0.4) is 0 Å². The van der Waals surface area contributed by atoms with E-state index in [4.69, 9.17) is 8.85 Å². The molecule has 0 aliphatic heterocycles. The van der Waals surface area contributed by atoms with E-state index in [0.717, 1.165) is 25.7 Å². The third-order valence-corrected chi connectivity index (χ3v) is 10.7. The van der Waals surface area contributed by atoms with Gasteiger partial charge in [0.1, 0.15) is 0 Å². The molecule has 0 heterocycles. The minimum absolute atomic E-state index is 0.342. The lowest BCUT2D eigenvalue weighted by atomic mass is 9.75. The van der Waals surface area contributed by atoms with Gasteiger partial charge >= 0.3 is 8.56 Å². The summed E-state index contributed by atoms with van der Waals surface area (Å²) in [5.74, 6) is 0. The van der Waals surface area contributed by atoms with Crippen LogP contribution in [0.15, 0.2) is 0 Å². The predicted octanol–water partition coefficient (Wildman–Crippen LogP) is 6.09. The standard InChI is InChI=1S/C27H61N3O2Si/c1-10-20-28(13-4)23-16-27(17-24-29(14-5)21-11-2,18-25-30(15-6)22-12-3)19-26-33(9,31-7)32-8/h10-26H2,1-9H3. The van der Waals surface area contributed by atoms with E-state index in [9.17, 15) is 0 Å². The Bertz CT molecular complexity index is 404. The summed E-state index contributed by atoms with van der Waals surface area (Å²) in [4.78, 5) is 7.97. The van der Waals surface area contributed by atoms with Crippen LogP contribution in [0.4, 0.5) is 0 Å². The van der Waals surface area contributed by atoms with Crippen molar-refractivity contribution in [1.82, 2.24) is 14.7 Å². The Labute approximate surface area is 209 Å². The van der Waals surface area contributed by atoms with E-state index in [2.05, 4.69) is 62.8 Å². The average Bonchev–Trinajstić information content (AvgIpc) is 2.84. The molecule has 6 heteroatoms. The molecule has 0 saturated heterocycles. The second kappa shape index (κ2) is 19.2. The second-order valence-electron chi connectivity index (χ2n) is 10.1. The van der Waals surface area contributed by atoms with Gasteiger partial charge in [0.05, 0.1) is 0 Å². The zero-order chi connectivity index (χ0) is 25.2. The van der Waals surface area contributed by atoms with Crippen molar-refractivity contribution in [2.75, 3.05) is 73.1 Å². The minimum Gasteiger partial charge on any atom is -0.398 e. The molecular formula is C27H61N3O2Si. The van der Waals surface area contributed by atoms with Crippen LogP contribution in [0.2, 0.25) is 12.6 Å². The van der Waals surface area contributed by atoms with E-state index in [1.165, 1.54) is 84.2 Å². The maximum Gasteiger partial charge on any atom is 0.334 e. The molecule has 0 aromatic carbocycles. The van der Waals surface area contributed by atoms with Gasteiger partial charge in [0.2, 0.25) is 0 Å². The maximum absolute atomic E-state index is 5.92. The lowest BCUT2D eigenvalue weighted by Gasteiger charge is -2.40. The molecule has 5 nitrogen and oxygen atoms in total. The van der Waals surface area contributed by atoms with Gasteiger partial charge in [-0.2, -0.15) is 0 Å². The summed E-state index contributed by atoms with van der Waals surface area (Å²) in [6, 6.07) is 1.08. The highest BCUT2D eigenvalue weighted by Crippen LogP contribution is 2.39. The first-order valence-electron chi connectivity index (χ1n) is 14.1. The van der Waals surface area contributed by atoms with Gasteiger partial charge in [-0.25, -0.2) is 0 Å². The van der Waals surface area contributed by atoms with Gasteiger partial charge in [-0.1, -0.05) is 41.5 Å². The minimum atomic E-state index is -2.09. The van der Waals surface area contributed by atoms with Crippen molar-refractivity contribution in [3.63, 3.8) is 0 Å². The van der Waals surface area contributed by atoms with Crippen LogP contribution in [0, 0.1) is 5.41 Å². The van der Waals surface area contributed by atoms with E-state index < -0.39 is 8.56 Å². The Balaban J connectivity index is 5.77. The molecule has 0 bridgehead atoms. The molecule has 0 N–H and O–H groups in total. The van der Waals surface area contributed by atoms with Gasteiger partial charge in [0.25, 0.3) is 0 Å². The van der Waals surface area contributed by atoms with Crippen molar-refractivity contribution < 1.29 is 8.85 Å². The van der Waals surface area contributed by atoms with Crippen LogP contribution in [0.1, 0.15) is 86.5 Å². The Morgan fingerprint density at radius 3 is 1.12 bits per heavy atom. The molecule has 0 radical (unpaired) electrons. The molecule has 200 valence electrons. The van der Waals surface area contributed by atoms with Crippen LogP contribution in [-0.2, 0) is 8.85 Å². The Morgan fingerprint density at radius 1 is 0.545 bits per heavy atom. The summed E-state index contributed by atoms with van der Waals surface area (Å²) >= 11 is 0. The fourth-order valence-corrected chi connectivity index (χ4v) is 6.51. The van der Waals surface area contributed by atoms with Crippen LogP contribution >= 0.6 is 0 Å². The first-order chi connectivity index (χ1) is 15.8. The smallest absolute Gasteiger partial charge is 0.334 e. The van der Waals surface area contributed by atoms with E-state index in [0.29, 0.717) is 5.41 Å². The molecule has 0 spiro atoms. The highest BCUT2D eigenvalue weighted by atomic mass is 28.4. The van der Waals surface area contributed by atoms with Crippen LogP contribution in [0.25, 0.3) is 0 Å². The SMILES string of the molecule is CCCN(CC)CCC(CCN(CC)CCC)(CCN(CC)CCC)CC[Si](C)(OC)OC. The van der Waals surface area contributed by atoms with Crippen molar-refractivity contribution >= 4 is 8.56 Å². The first-order valence-corrected chi connectivity index (χ1v) is 16.6. The third kappa shape index (κ3) is 13.6. The highest BCUT2D eigenvalue weighted by molar-refractivity contribution is 6.65. The van der Waals surface area contributed by atoms with Crippen molar-refractivity contribution in [1.29, 1.82) is 0 Å². The lowest BCUT2D eigenvalue weighted by molar-refractivity contribution is 0.115. The largest absolute Gasteiger partial charge is 0.398 e. The quantitative estimate of drug-likeness (QED) is 0.163. The zero-order valence-corrected chi connectivity index (χ0v) is 25.2. The van der Waals surface area contributed by atoms with Crippen molar-refractivity contribution in [3.05, 3.63) is 0 Å². The molecule has 0 fully saturated rings. The molecule has 0 atom stereocenters. The Hall–Kier alpha value is 0.0169. The molecule has 0 aliphatic carbocycles. The van der Waals surface area contributed by atoms with Crippen molar-refractivity contribution in [2.45, 2.75) is 99.1 Å². The summed E-state index contributed by atoms with van der Waals surface area (Å²) in [5, 5.41) is 0. The zero-order valence-electron chi connectivity index (χ0n) is 24.2. The van der Waals surface area contributed by atoms with Crippen LogP contribution in [-0.4, -0.2) is 96.4 Å². The predicted molar refractivity (Wildman–Crippen MR) is 149 cm³/mol. The topological polar surface area (TPSA) is 28.2 Å². The van der Waals surface area contributed by atoms with Gasteiger partial charge in [0.15, 0.2) is 0 Å². The summed E-state index contributed by atoms with van der Waals surface area (Å²) in [6.07, 6.45) is 8.77. The Kier molecular flexibility index (Phi) is 19.2. The fraction of sp³-hybridized carbons (Fsp3) is 1.00. The molecule has 33 heavy (non-hydrogen) atoms. The Morgan fingerprint density at radius 2 is 0.879 bits per heavy atom. The molecule has 0 aromatic rings.